The van der Waals surface area contributed by atoms with Crippen molar-refractivity contribution in [2.75, 3.05) is 19.0 Å². The quantitative estimate of drug-likeness (QED) is 0.809. The van der Waals surface area contributed by atoms with E-state index in [4.69, 9.17) is 4.18 Å². The molecule has 0 spiro atoms. The van der Waals surface area contributed by atoms with Crippen LogP contribution >= 0.6 is 0 Å². The van der Waals surface area contributed by atoms with E-state index in [1.165, 1.54) is 18.3 Å². The van der Waals surface area contributed by atoms with Crippen LogP contribution in [-0.2, 0) is 10.1 Å². The van der Waals surface area contributed by atoms with Gasteiger partial charge in [-0.1, -0.05) is 17.7 Å². The fourth-order valence-electron chi connectivity index (χ4n) is 1.59. The second-order valence-corrected chi connectivity index (χ2v) is 6.14. The third-order valence-electron chi connectivity index (χ3n) is 2.74. The molecule has 0 saturated carbocycles. The van der Waals surface area contributed by atoms with Gasteiger partial charge in [0.15, 0.2) is 0 Å². The van der Waals surface area contributed by atoms with Crippen molar-refractivity contribution in [3.05, 3.63) is 48.2 Å². The van der Waals surface area contributed by atoms with Gasteiger partial charge in [-0.05, 0) is 25.1 Å². The predicted molar refractivity (Wildman–Crippen MR) is 77.6 cm³/mol. The summed E-state index contributed by atoms with van der Waals surface area (Å²) in [4.78, 5) is 5.87. The molecular formula is C14H16N2O3S. The van der Waals surface area contributed by atoms with E-state index in [1.807, 2.05) is 25.9 Å². The molecular weight excluding hydrogens is 276 g/mol. The molecule has 1 heterocycles. The van der Waals surface area contributed by atoms with Crippen LogP contribution in [0.25, 0.3) is 0 Å². The molecule has 1 aromatic carbocycles. The Kier molecular flexibility index (Phi) is 3.94. The highest BCUT2D eigenvalue weighted by molar-refractivity contribution is 7.87. The number of rotatable bonds is 4. The van der Waals surface area contributed by atoms with Crippen LogP contribution in [-0.4, -0.2) is 27.5 Å². The van der Waals surface area contributed by atoms with Crippen LogP contribution in [0.4, 0.5) is 5.69 Å². The molecule has 2 aromatic rings. The van der Waals surface area contributed by atoms with Gasteiger partial charge in [0.2, 0.25) is 5.88 Å². The lowest BCUT2D eigenvalue weighted by molar-refractivity contribution is 0.476. The van der Waals surface area contributed by atoms with E-state index >= 15 is 0 Å². The Morgan fingerprint density at radius 3 is 2.35 bits per heavy atom. The van der Waals surface area contributed by atoms with Crippen molar-refractivity contribution < 1.29 is 12.6 Å². The van der Waals surface area contributed by atoms with Crippen molar-refractivity contribution in [2.24, 2.45) is 0 Å². The van der Waals surface area contributed by atoms with E-state index < -0.39 is 10.1 Å². The normalized spacial score (nSPS) is 11.2. The smallest absolute Gasteiger partial charge is 0.340 e. The largest absolute Gasteiger partial charge is 0.377 e. The molecule has 0 N–H and O–H groups in total. The first-order valence-electron chi connectivity index (χ1n) is 6.03. The summed E-state index contributed by atoms with van der Waals surface area (Å²) >= 11 is 0. The molecule has 0 unspecified atom stereocenters. The van der Waals surface area contributed by atoms with Crippen molar-refractivity contribution in [3.8, 4) is 5.88 Å². The molecule has 0 atom stereocenters. The number of hydrogen-bond acceptors (Lipinski definition) is 5. The average Bonchev–Trinajstić information content (AvgIpc) is 2.39. The maximum absolute atomic E-state index is 12.1. The lowest BCUT2D eigenvalue weighted by Gasteiger charge is -2.13. The zero-order valence-corrected chi connectivity index (χ0v) is 12.4. The summed E-state index contributed by atoms with van der Waals surface area (Å²) in [7, 11) is -0.144. The Hall–Kier alpha value is -2.08. The maximum atomic E-state index is 12.1. The minimum Gasteiger partial charge on any atom is -0.377 e. The fourth-order valence-corrected chi connectivity index (χ4v) is 2.47. The first kappa shape index (κ1) is 14.3. The van der Waals surface area contributed by atoms with Gasteiger partial charge in [-0.3, -0.25) is 0 Å². The molecule has 0 saturated heterocycles. The lowest BCUT2D eigenvalue weighted by Crippen LogP contribution is -2.12. The summed E-state index contributed by atoms with van der Waals surface area (Å²) in [5.74, 6) is 0.0526. The predicted octanol–water partition coefficient (Wildman–Crippen LogP) is 2.22. The molecule has 20 heavy (non-hydrogen) atoms. The van der Waals surface area contributed by atoms with Gasteiger partial charge in [-0.2, -0.15) is 8.42 Å². The highest BCUT2D eigenvalue weighted by Gasteiger charge is 2.17. The van der Waals surface area contributed by atoms with Crippen LogP contribution < -0.4 is 9.08 Å². The van der Waals surface area contributed by atoms with Gasteiger partial charge in [-0.25, -0.2) is 4.98 Å². The molecule has 0 aliphatic carbocycles. The van der Waals surface area contributed by atoms with Gasteiger partial charge in [0.1, 0.15) is 4.90 Å². The highest BCUT2D eigenvalue weighted by atomic mass is 32.2. The molecule has 5 nitrogen and oxygen atoms in total. The van der Waals surface area contributed by atoms with Crippen LogP contribution in [0, 0.1) is 6.92 Å². The number of aromatic nitrogens is 1. The Labute approximate surface area is 119 Å². The van der Waals surface area contributed by atoms with Crippen LogP contribution in [0.1, 0.15) is 5.56 Å². The Balaban J connectivity index is 2.28. The standard InChI is InChI=1S/C14H16N2O3S/c1-11-4-6-13(7-5-11)20(17,18)19-14-10-12(16(2)3)8-9-15-14/h4-10H,1-3H3. The Morgan fingerprint density at radius 1 is 1.10 bits per heavy atom. The van der Waals surface area contributed by atoms with Crippen molar-refractivity contribution in [3.63, 3.8) is 0 Å². The van der Waals surface area contributed by atoms with E-state index in [2.05, 4.69) is 4.98 Å². The molecule has 0 radical (unpaired) electrons. The molecule has 1 aromatic heterocycles. The summed E-state index contributed by atoms with van der Waals surface area (Å²) in [5.41, 5.74) is 1.80. The van der Waals surface area contributed by atoms with Crippen LogP contribution in [0.3, 0.4) is 0 Å². The van der Waals surface area contributed by atoms with Crippen molar-refractivity contribution in [1.29, 1.82) is 0 Å². The number of nitrogens with zero attached hydrogens (tertiary/aromatic N) is 2. The number of hydrogen-bond donors (Lipinski definition) is 0. The van der Waals surface area contributed by atoms with E-state index in [-0.39, 0.29) is 10.8 Å². The highest BCUT2D eigenvalue weighted by Crippen LogP contribution is 2.21. The fraction of sp³-hybridized carbons (Fsp3) is 0.214. The Bertz CT molecular complexity index is 695. The van der Waals surface area contributed by atoms with Gasteiger partial charge in [0.05, 0.1) is 0 Å². The second-order valence-electron chi connectivity index (χ2n) is 4.60. The number of benzene rings is 1. The third-order valence-corrected chi connectivity index (χ3v) is 3.98. The summed E-state index contributed by atoms with van der Waals surface area (Å²) in [6.45, 7) is 1.89. The SMILES string of the molecule is Cc1ccc(S(=O)(=O)Oc2cc(N(C)C)ccn2)cc1. The van der Waals surface area contributed by atoms with E-state index in [9.17, 15) is 8.42 Å². The van der Waals surface area contributed by atoms with Crippen molar-refractivity contribution >= 4 is 15.8 Å². The lowest BCUT2D eigenvalue weighted by atomic mass is 10.2. The summed E-state index contributed by atoms with van der Waals surface area (Å²) in [5, 5.41) is 0. The Morgan fingerprint density at radius 2 is 1.75 bits per heavy atom. The molecule has 0 aliphatic rings. The number of pyridine rings is 1. The topological polar surface area (TPSA) is 59.5 Å². The zero-order valence-electron chi connectivity index (χ0n) is 11.6. The third kappa shape index (κ3) is 3.27. The molecule has 0 amide bonds. The van der Waals surface area contributed by atoms with Crippen molar-refractivity contribution in [2.45, 2.75) is 11.8 Å². The van der Waals surface area contributed by atoms with E-state index in [0.29, 0.717) is 0 Å². The maximum Gasteiger partial charge on any atom is 0.340 e. The second kappa shape index (κ2) is 5.50. The number of aryl methyl sites for hydroxylation is 1. The van der Waals surface area contributed by atoms with Crippen molar-refractivity contribution in [1.82, 2.24) is 4.98 Å². The minimum absolute atomic E-state index is 0.0526. The zero-order chi connectivity index (χ0) is 14.8. The molecule has 0 bridgehead atoms. The molecule has 0 fully saturated rings. The van der Waals surface area contributed by atoms with Crippen LogP contribution in [0.2, 0.25) is 0 Å². The van der Waals surface area contributed by atoms with Gasteiger partial charge in [0.25, 0.3) is 0 Å². The van der Waals surface area contributed by atoms with Gasteiger partial charge in [0, 0.05) is 32.0 Å². The molecule has 2 rings (SSSR count). The van der Waals surface area contributed by atoms with Crippen LogP contribution in [0.15, 0.2) is 47.5 Å². The summed E-state index contributed by atoms with van der Waals surface area (Å²) in [6.07, 6.45) is 1.51. The van der Waals surface area contributed by atoms with Gasteiger partial charge >= 0.3 is 10.1 Å². The summed E-state index contributed by atoms with van der Waals surface area (Å²) in [6, 6.07) is 9.82. The van der Waals surface area contributed by atoms with E-state index in [0.717, 1.165) is 11.3 Å². The first-order chi connectivity index (χ1) is 9.38. The van der Waals surface area contributed by atoms with Gasteiger partial charge < -0.3 is 9.08 Å². The molecule has 106 valence electrons. The monoisotopic (exact) mass is 292 g/mol. The average molecular weight is 292 g/mol. The molecule has 6 heteroatoms. The minimum atomic E-state index is -3.85. The summed E-state index contributed by atoms with van der Waals surface area (Å²) < 4.78 is 29.3. The first-order valence-corrected chi connectivity index (χ1v) is 7.44. The van der Waals surface area contributed by atoms with E-state index in [1.54, 1.807) is 24.3 Å². The van der Waals surface area contributed by atoms with Crippen LogP contribution in [0.5, 0.6) is 5.88 Å². The molecule has 0 aliphatic heterocycles. The number of anilines is 1. The van der Waals surface area contributed by atoms with Gasteiger partial charge in [-0.15, -0.1) is 0 Å².